The quantitative estimate of drug-likeness (QED) is 0.278. The molecule has 1 atom stereocenters. The molecule has 0 aromatic rings. The van der Waals surface area contributed by atoms with Crippen LogP contribution in [0.3, 0.4) is 0 Å². The Hall–Kier alpha value is -1.26. The Labute approximate surface area is 139 Å². The highest BCUT2D eigenvalue weighted by molar-refractivity contribution is 7.44. The van der Waals surface area contributed by atoms with Gasteiger partial charge in [-0.05, 0) is 27.7 Å². The lowest BCUT2D eigenvalue weighted by Gasteiger charge is -2.37. The summed E-state index contributed by atoms with van der Waals surface area (Å²) in [4.78, 5) is 21.0. The predicted molar refractivity (Wildman–Crippen MR) is 88.2 cm³/mol. The molecule has 0 aromatic heterocycles. The van der Waals surface area contributed by atoms with E-state index in [-0.39, 0.29) is 38.2 Å². The van der Waals surface area contributed by atoms with Gasteiger partial charge in [-0.3, -0.25) is 9.59 Å². The van der Waals surface area contributed by atoms with Crippen LogP contribution < -0.4 is 10.6 Å². The number of nitriles is 1. The highest BCUT2D eigenvalue weighted by Crippen LogP contribution is 2.46. The lowest BCUT2D eigenvalue weighted by molar-refractivity contribution is -0.109. The van der Waals surface area contributed by atoms with Crippen molar-refractivity contribution in [2.24, 2.45) is 0 Å². The molecule has 0 heterocycles. The van der Waals surface area contributed by atoms with Crippen molar-refractivity contribution in [3.63, 3.8) is 0 Å². The standard InChI is InChI=1S/C14H27N4O4P/c1-12(2)18(13(3)4)23(21-7-5-6-15)22-14(8-16-10-19)9-17-11-20/h10-14H,5,7-9H2,1-4H3,(H,16,19)(H,17,20). The SMILES string of the molecule is CC(C)N(C(C)C)P(OCCC#N)OC(CNC=O)CNC=O. The third kappa shape index (κ3) is 9.47. The molecule has 9 heteroatoms. The molecule has 2 amide bonds. The first-order chi connectivity index (χ1) is 11.0. The van der Waals surface area contributed by atoms with Crippen molar-refractivity contribution in [2.75, 3.05) is 19.7 Å². The molecule has 0 aliphatic carbocycles. The maximum atomic E-state index is 10.5. The van der Waals surface area contributed by atoms with Crippen molar-refractivity contribution in [3.8, 4) is 6.07 Å². The molecular weight excluding hydrogens is 319 g/mol. The van der Waals surface area contributed by atoms with E-state index in [0.29, 0.717) is 12.8 Å². The van der Waals surface area contributed by atoms with E-state index in [4.69, 9.17) is 14.3 Å². The molecule has 0 bridgehead atoms. The summed E-state index contributed by atoms with van der Waals surface area (Å²) >= 11 is 0. The zero-order valence-electron chi connectivity index (χ0n) is 14.2. The minimum absolute atomic E-state index is 0.182. The van der Waals surface area contributed by atoms with E-state index in [1.807, 2.05) is 33.8 Å². The second kappa shape index (κ2) is 13.2. The number of rotatable bonds is 14. The van der Waals surface area contributed by atoms with Crippen molar-refractivity contribution in [1.29, 1.82) is 5.26 Å². The number of hydrogen-bond donors (Lipinski definition) is 2. The molecule has 23 heavy (non-hydrogen) atoms. The van der Waals surface area contributed by atoms with Gasteiger partial charge in [-0.15, -0.1) is 0 Å². The zero-order chi connectivity index (χ0) is 17.7. The van der Waals surface area contributed by atoms with Crippen LogP contribution in [0.15, 0.2) is 0 Å². The van der Waals surface area contributed by atoms with Gasteiger partial charge in [0.15, 0.2) is 0 Å². The average molecular weight is 346 g/mol. The second-order valence-electron chi connectivity index (χ2n) is 5.33. The first kappa shape index (κ1) is 21.7. The minimum Gasteiger partial charge on any atom is -0.356 e. The second-order valence-corrected chi connectivity index (χ2v) is 6.73. The normalized spacial score (nSPS) is 12.5. The summed E-state index contributed by atoms with van der Waals surface area (Å²) in [5.41, 5.74) is 0. The van der Waals surface area contributed by atoms with Crippen LogP contribution in [0.1, 0.15) is 34.1 Å². The summed E-state index contributed by atoms with van der Waals surface area (Å²) in [6, 6.07) is 2.40. The van der Waals surface area contributed by atoms with Crippen molar-refractivity contribution in [1.82, 2.24) is 15.3 Å². The third-order valence-corrected chi connectivity index (χ3v) is 4.94. The molecule has 2 N–H and O–H groups in total. The van der Waals surface area contributed by atoms with Crippen LogP contribution in [0.4, 0.5) is 0 Å². The summed E-state index contributed by atoms with van der Waals surface area (Å²) in [5, 5.41) is 13.8. The molecule has 0 rings (SSSR count). The fourth-order valence-corrected chi connectivity index (χ4v) is 3.64. The number of carbonyl (C=O) groups excluding carboxylic acids is 2. The molecule has 0 fully saturated rings. The summed E-state index contributed by atoms with van der Waals surface area (Å²) < 4.78 is 13.9. The fraction of sp³-hybridized carbons (Fsp3) is 0.786. The van der Waals surface area contributed by atoms with E-state index >= 15 is 0 Å². The number of amides is 2. The van der Waals surface area contributed by atoms with Crippen LogP contribution in [0.25, 0.3) is 0 Å². The molecule has 1 unspecified atom stereocenters. The van der Waals surface area contributed by atoms with Gasteiger partial charge in [-0.1, -0.05) is 0 Å². The van der Waals surface area contributed by atoms with Gasteiger partial charge in [0.2, 0.25) is 12.8 Å². The Kier molecular flexibility index (Phi) is 12.5. The van der Waals surface area contributed by atoms with Gasteiger partial charge in [0, 0.05) is 25.2 Å². The molecule has 0 saturated heterocycles. The summed E-state index contributed by atoms with van der Waals surface area (Å²) in [6.45, 7) is 8.93. The van der Waals surface area contributed by atoms with Gasteiger partial charge in [0.1, 0.15) is 6.10 Å². The van der Waals surface area contributed by atoms with E-state index in [2.05, 4.69) is 15.3 Å². The van der Waals surface area contributed by atoms with E-state index in [1.54, 1.807) is 0 Å². The highest BCUT2D eigenvalue weighted by Gasteiger charge is 2.29. The van der Waals surface area contributed by atoms with Gasteiger partial charge < -0.3 is 19.7 Å². The van der Waals surface area contributed by atoms with Crippen molar-refractivity contribution in [3.05, 3.63) is 0 Å². The first-order valence-corrected chi connectivity index (χ1v) is 8.70. The summed E-state index contributed by atoms with van der Waals surface area (Å²) in [6.07, 6.45) is 1.02. The average Bonchev–Trinajstić information content (AvgIpc) is 2.49. The number of nitrogens with zero attached hydrogens (tertiary/aromatic N) is 2. The van der Waals surface area contributed by atoms with Gasteiger partial charge in [0.05, 0.1) is 19.1 Å². The van der Waals surface area contributed by atoms with Crippen molar-refractivity contribution < 1.29 is 18.6 Å². The third-order valence-electron chi connectivity index (χ3n) is 2.76. The topological polar surface area (TPSA) is 104 Å². The Morgan fingerprint density at radius 3 is 2.04 bits per heavy atom. The minimum atomic E-state index is -1.42. The Morgan fingerprint density at radius 1 is 1.13 bits per heavy atom. The zero-order valence-corrected chi connectivity index (χ0v) is 15.1. The maximum absolute atomic E-state index is 10.5. The number of hydrogen-bond acceptors (Lipinski definition) is 6. The van der Waals surface area contributed by atoms with E-state index < -0.39 is 14.6 Å². The van der Waals surface area contributed by atoms with E-state index in [1.165, 1.54) is 0 Å². The molecule has 0 aromatic carbocycles. The number of carbonyl (C=O) groups is 2. The molecule has 0 radical (unpaired) electrons. The molecule has 132 valence electrons. The van der Waals surface area contributed by atoms with Crippen LogP contribution in [-0.2, 0) is 18.6 Å². The lowest BCUT2D eigenvalue weighted by atomic mass is 10.3. The van der Waals surface area contributed by atoms with E-state index in [9.17, 15) is 9.59 Å². The Morgan fingerprint density at radius 2 is 1.65 bits per heavy atom. The molecule has 0 aliphatic heterocycles. The van der Waals surface area contributed by atoms with Crippen LogP contribution in [-0.4, -0.2) is 55.4 Å². The molecule has 0 saturated carbocycles. The van der Waals surface area contributed by atoms with E-state index in [0.717, 1.165) is 0 Å². The highest BCUT2D eigenvalue weighted by atomic mass is 31.2. The van der Waals surface area contributed by atoms with Crippen molar-refractivity contribution in [2.45, 2.75) is 52.3 Å². The molecule has 0 aliphatic rings. The maximum Gasteiger partial charge on any atom is 0.259 e. The summed E-state index contributed by atoms with van der Waals surface area (Å²) in [7, 11) is -1.42. The summed E-state index contributed by atoms with van der Waals surface area (Å²) in [5.74, 6) is 0. The molecule has 0 spiro atoms. The predicted octanol–water partition coefficient (Wildman–Crippen LogP) is 1.14. The Bertz CT molecular complexity index is 356. The van der Waals surface area contributed by atoms with Gasteiger partial charge in [0.25, 0.3) is 8.53 Å². The number of nitrogens with one attached hydrogen (secondary N) is 2. The molecular formula is C14H27N4O4P. The molecule has 8 nitrogen and oxygen atoms in total. The van der Waals surface area contributed by atoms with Crippen LogP contribution in [0, 0.1) is 11.3 Å². The monoisotopic (exact) mass is 346 g/mol. The Balaban J connectivity index is 4.99. The van der Waals surface area contributed by atoms with Crippen LogP contribution in [0.2, 0.25) is 0 Å². The largest absolute Gasteiger partial charge is 0.356 e. The first-order valence-electron chi connectivity index (χ1n) is 7.56. The van der Waals surface area contributed by atoms with Crippen LogP contribution >= 0.6 is 8.53 Å². The van der Waals surface area contributed by atoms with Crippen LogP contribution in [0.5, 0.6) is 0 Å². The van der Waals surface area contributed by atoms with Gasteiger partial charge in [-0.2, -0.15) is 5.26 Å². The van der Waals surface area contributed by atoms with Crippen molar-refractivity contribution >= 4 is 21.3 Å². The smallest absolute Gasteiger partial charge is 0.259 e. The van der Waals surface area contributed by atoms with Gasteiger partial charge >= 0.3 is 0 Å². The van der Waals surface area contributed by atoms with Gasteiger partial charge in [-0.25, -0.2) is 4.67 Å². The fourth-order valence-electron chi connectivity index (χ4n) is 1.93. The lowest BCUT2D eigenvalue weighted by Crippen LogP contribution is -2.39.